The molecular formula is C14H20N4O3. The molecule has 0 spiro atoms. The fraction of sp³-hybridized carbons (Fsp3) is 0.571. The molecule has 1 aromatic rings. The number of pyridine rings is 1. The number of nitrogens with zero attached hydrogens (tertiary/aromatic N) is 2. The van der Waals surface area contributed by atoms with Crippen molar-refractivity contribution in [1.29, 1.82) is 0 Å². The van der Waals surface area contributed by atoms with Crippen LogP contribution in [0.5, 0.6) is 0 Å². The van der Waals surface area contributed by atoms with Crippen molar-refractivity contribution in [3.63, 3.8) is 0 Å². The Morgan fingerprint density at radius 3 is 2.33 bits per heavy atom. The lowest BCUT2D eigenvalue weighted by atomic mass is 10.0. The van der Waals surface area contributed by atoms with Gasteiger partial charge in [-0.2, -0.15) is 0 Å². The highest BCUT2D eigenvalue weighted by Crippen LogP contribution is 2.62. The Morgan fingerprint density at radius 2 is 1.90 bits per heavy atom. The number of hydrogen-bond donors (Lipinski definition) is 2. The van der Waals surface area contributed by atoms with Crippen LogP contribution in [0.15, 0.2) is 12.3 Å². The standard InChI is InChI=1S/C14H20N4O3/c1-13(2)12(14(13,3)4)17-11(19)8-6-10(15-5)16-7-9(8)18(20)21/h6-7,12H,1-5H3,(H,15,16)(H,17,19). The number of anilines is 1. The summed E-state index contributed by atoms with van der Waals surface area (Å²) in [7, 11) is 1.64. The molecule has 0 bridgehead atoms. The highest BCUT2D eigenvalue weighted by molar-refractivity contribution is 5.99. The van der Waals surface area contributed by atoms with E-state index in [1.54, 1.807) is 7.05 Å². The third-order valence-electron chi connectivity index (χ3n) is 4.88. The molecule has 1 aromatic heterocycles. The lowest BCUT2D eigenvalue weighted by Gasteiger charge is -2.08. The van der Waals surface area contributed by atoms with Crippen LogP contribution in [0.4, 0.5) is 11.5 Å². The molecule has 21 heavy (non-hydrogen) atoms. The quantitative estimate of drug-likeness (QED) is 0.655. The molecule has 7 heteroatoms. The molecule has 1 aliphatic rings. The first kappa shape index (κ1) is 15.2. The van der Waals surface area contributed by atoms with Crippen molar-refractivity contribution in [1.82, 2.24) is 10.3 Å². The topological polar surface area (TPSA) is 97.2 Å². The van der Waals surface area contributed by atoms with Gasteiger partial charge in [0.05, 0.1) is 4.92 Å². The van der Waals surface area contributed by atoms with Crippen LogP contribution in [0.3, 0.4) is 0 Å². The van der Waals surface area contributed by atoms with Gasteiger partial charge in [-0.3, -0.25) is 14.9 Å². The lowest BCUT2D eigenvalue weighted by Crippen LogP contribution is -2.30. The van der Waals surface area contributed by atoms with E-state index in [-0.39, 0.29) is 28.1 Å². The third-order valence-corrected chi connectivity index (χ3v) is 4.88. The van der Waals surface area contributed by atoms with Crippen molar-refractivity contribution in [2.45, 2.75) is 33.7 Å². The van der Waals surface area contributed by atoms with Crippen LogP contribution in [0, 0.1) is 20.9 Å². The first-order valence-corrected chi connectivity index (χ1v) is 6.76. The smallest absolute Gasteiger partial charge is 0.300 e. The largest absolute Gasteiger partial charge is 0.373 e. The van der Waals surface area contributed by atoms with Crippen LogP contribution in [-0.2, 0) is 0 Å². The van der Waals surface area contributed by atoms with E-state index in [0.717, 1.165) is 6.20 Å². The second kappa shape index (κ2) is 4.68. The molecule has 2 rings (SSSR count). The highest BCUT2D eigenvalue weighted by Gasteiger charge is 2.65. The molecule has 0 radical (unpaired) electrons. The predicted molar refractivity (Wildman–Crippen MR) is 79.3 cm³/mol. The minimum Gasteiger partial charge on any atom is -0.373 e. The summed E-state index contributed by atoms with van der Waals surface area (Å²) >= 11 is 0. The van der Waals surface area contributed by atoms with E-state index >= 15 is 0 Å². The Hall–Kier alpha value is -2.18. The average molecular weight is 292 g/mol. The maximum Gasteiger partial charge on any atom is 0.300 e. The highest BCUT2D eigenvalue weighted by atomic mass is 16.6. The van der Waals surface area contributed by atoms with Crippen LogP contribution in [-0.4, -0.2) is 28.9 Å². The van der Waals surface area contributed by atoms with Crippen LogP contribution in [0.25, 0.3) is 0 Å². The van der Waals surface area contributed by atoms with Gasteiger partial charge in [0.15, 0.2) is 0 Å². The van der Waals surface area contributed by atoms with Gasteiger partial charge in [0.25, 0.3) is 11.6 Å². The van der Waals surface area contributed by atoms with Crippen molar-refractivity contribution in [3.8, 4) is 0 Å². The van der Waals surface area contributed by atoms with Gasteiger partial charge in [0.1, 0.15) is 17.6 Å². The van der Waals surface area contributed by atoms with Crippen molar-refractivity contribution >= 4 is 17.4 Å². The molecule has 7 nitrogen and oxygen atoms in total. The summed E-state index contributed by atoms with van der Waals surface area (Å²) in [5.74, 6) is -0.0238. The molecule has 1 heterocycles. The Morgan fingerprint density at radius 1 is 1.33 bits per heavy atom. The van der Waals surface area contributed by atoms with Gasteiger partial charge in [-0.05, 0) is 10.8 Å². The molecule has 1 saturated carbocycles. The molecule has 1 amide bonds. The fourth-order valence-corrected chi connectivity index (χ4v) is 2.68. The van der Waals surface area contributed by atoms with Gasteiger partial charge >= 0.3 is 0 Å². The molecule has 0 aliphatic heterocycles. The molecule has 0 unspecified atom stereocenters. The van der Waals surface area contributed by atoms with E-state index in [1.807, 2.05) is 0 Å². The second-order valence-electron chi connectivity index (χ2n) is 6.44. The first-order chi connectivity index (χ1) is 9.62. The monoisotopic (exact) mass is 292 g/mol. The minimum absolute atomic E-state index is 0.0108. The first-order valence-electron chi connectivity index (χ1n) is 6.76. The average Bonchev–Trinajstić information content (AvgIpc) is 2.80. The van der Waals surface area contributed by atoms with Crippen LogP contribution in [0.1, 0.15) is 38.1 Å². The summed E-state index contributed by atoms with van der Waals surface area (Å²) in [6.07, 6.45) is 1.10. The maximum absolute atomic E-state index is 12.4. The van der Waals surface area contributed by atoms with Gasteiger partial charge in [-0.15, -0.1) is 0 Å². The molecular weight excluding hydrogens is 272 g/mol. The maximum atomic E-state index is 12.4. The van der Waals surface area contributed by atoms with Crippen LogP contribution >= 0.6 is 0 Å². The number of carbonyl (C=O) groups is 1. The van der Waals surface area contributed by atoms with Gasteiger partial charge in [-0.1, -0.05) is 27.7 Å². The number of carbonyl (C=O) groups excluding carboxylic acids is 1. The predicted octanol–water partition coefficient (Wildman–Crippen LogP) is 2.20. The molecule has 2 N–H and O–H groups in total. The zero-order chi connectivity index (χ0) is 16.0. The van der Waals surface area contributed by atoms with Crippen LogP contribution < -0.4 is 10.6 Å². The summed E-state index contributed by atoms with van der Waals surface area (Å²) in [4.78, 5) is 26.7. The van der Waals surface area contributed by atoms with Gasteiger partial charge in [0, 0.05) is 19.2 Å². The van der Waals surface area contributed by atoms with Crippen molar-refractivity contribution in [3.05, 3.63) is 27.9 Å². The molecule has 1 aliphatic carbocycles. The number of rotatable bonds is 4. The van der Waals surface area contributed by atoms with Gasteiger partial charge < -0.3 is 10.6 Å². The van der Waals surface area contributed by atoms with E-state index in [1.165, 1.54) is 6.07 Å². The number of hydrogen-bond acceptors (Lipinski definition) is 5. The van der Waals surface area contributed by atoms with Crippen molar-refractivity contribution < 1.29 is 9.72 Å². The normalized spacial score (nSPS) is 18.9. The Bertz CT molecular complexity index is 596. The summed E-state index contributed by atoms with van der Waals surface area (Å²) in [5.41, 5.74) is -0.326. The van der Waals surface area contributed by atoms with E-state index in [9.17, 15) is 14.9 Å². The molecule has 1 fully saturated rings. The van der Waals surface area contributed by atoms with Crippen molar-refractivity contribution in [2.24, 2.45) is 10.8 Å². The number of nitrogens with one attached hydrogen (secondary N) is 2. The Kier molecular flexibility index (Phi) is 3.39. The van der Waals surface area contributed by atoms with Crippen LogP contribution in [0.2, 0.25) is 0 Å². The number of aromatic nitrogens is 1. The summed E-state index contributed by atoms with van der Waals surface area (Å²) in [6, 6.07) is 1.39. The van der Waals surface area contributed by atoms with E-state index in [4.69, 9.17) is 0 Å². The molecule has 0 aromatic carbocycles. The Balaban J connectivity index is 2.29. The molecule has 0 atom stereocenters. The third kappa shape index (κ3) is 2.32. The zero-order valence-electron chi connectivity index (χ0n) is 12.9. The number of amides is 1. The van der Waals surface area contributed by atoms with Crippen molar-refractivity contribution in [2.75, 3.05) is 12.4 Å². The number of nitro groups is 1. The lowest BCUT2D eigenvalue weighted by molar-refractivity contribution is -0.385. The van der Waals surface area contributed by atoms with Gasteiger partial charge in [-0.25, -0.2) is 4.98 Å². The summed E-state index contributed by atoms with van der Waals surface area (Å²) < 4.78 is 0. The van der Waals surface area contributed by atoms with E-state index in [0.29, 0.717) is 5.82 Å². The summed E-state index contributed by atoms with van der Waals surface area (Å²) in [6.45, 7) is 8.27. The van der Waals surface area contributed by atoms with Gasteiger partial charge in [0.2, 0.25) is 0 Å². The van der Waals surface area contributed by atoms with E-state index in [2.05, 4.69) is 43.3 Å². The minimum atomic E-state index is -0.593. The Labute approximate surface area is 123 Å². The SMILES string of the molecule is CNc1cc(C(=O)NC2C(C)(C)C2(C)C)c([N+](=O)[O-])cn1. The second-order valence-corrected chi connectivity index (χ2v) is 6.44. The van der Waals surface area contributed by atoms with E-state index < -0.39 is 10.8 Å². The molecule has 0 saturated heterocycles. The zero-order valence-corrected chi connectivity index (χ0v) is 12.9. The fourth-order valence-electron chi connectivity index (χ4n) is 2.68. The summed E-state index contributed by atoms with van der Waals surface area (Å²) in [5, 5.41) is 16.7. The molecule has 114 valence electrons.